The molecule has 3 rings (SSSR count). The molecule has 1 atom stereocenters. The van der Waals surface area contributed by atoms with Crippen molar-refractivity contribution in [3.8, 4) is 17.6 Å². The maximum Gasteiger partial charge on any atom is 0.235 e. The van der Waals surface area contributed by atoms with Crippen LogP contribution in [0.4, 0.5) is 0 Å². The smallest absolute Gasteiger partial charge is 0.235 e. The van der Waals surface area contributed by atoms with Crippen molar-refractivity contribution >= 4 is 5.91 Å². The molecule has 0 saturated heterocycles. The van der Waals surface area contributed by atoms with Crippen molar-refractivity contribution in [2.75, 3.05) is 20.4 Å². The summed E-state index contributed by atoms with van der Waals surface area (Å²) in [5, 5.41) is 12.2. The fraction of sp³-hybridized carbons (Fsp3) is 0.529. The Morgan fingerprint density at radius 1 is 1.43 bits per heavy atom. The van der Waals surface area contributed by atoms with Gasteiger partial charge in [-0.25, -0.2) is 0 Å². The van der Waals surface area contributed by atoms with E-state index in [2.05, 4.69) is 11.4 Å². The van der Waals surface area contributed by atoms with Crippen molar-refractivity contribution in [2.45, 2.75) is 31.8 Å². The van der Waals surface area contributed by atoms with Gasteiger partial charge in [-0.2, -0.15) is 5.26 Å². The summed E-state index contributed by atoms with van der Waals surface area (Å²) in [5.41, 5.74) is 0.311. The fourth-order valence-electron chi connectivity index (χ4n) is 2.86. The zero-order chi connectivity index (χ0) is 16.4. The lowest BCUT2D eigenvalue weighted by Crippen LogP contribution is -2.49. The average Bonchev–Trinajstić information content (AvgIpc) is 3.26. The summed E-state index contributed by atoms with van der Waals surface area (Å²) in [6, 6.07) is 8.02. The molecule has 6 heteroatoms. The van der Waals surface area contributed by atoms with E-state index in [4.69, 9.17) is 9.47 Å². The molecule has 1 fully saturated rings. The second-order valence-electron chi connectivity index (χ2n) is 6.50. The van der Waals surface area contributed by atoms with Crippen LogP contribution in [0.1, 0.15) is 25.3 Å². The van der Waals surface area contributed by atoms with Gasteiger partial charge in [-0.05, 0) is 50.4 Å². The predicted molar refractivity (Wildman–Crippen MR) is 83.8 cm³/mol. The van der Waals surface area contributed by atoms with Gasteiger partial charge in [-0.3, -0.25) is 9.69 Å². The summed E-state index contributed by atoms with van der Waals surface area (Å²) in [6.07, 6.45) is 2.02. The third-order valence-electron chi connectivity index (χ3n) is 4.33. The normalized spacial score (nSPS) is 18.3. The van der Waals surface area contributed by atoms with Crippen LogP contribution in [0.25, 0.3) is 0 Å². The number of rotatable bonds is 6. The average molecular weight is 315 g/mol. The van der Waals surface area contributed by atoms with Gasteiger partial charge in [0.2, 0.25) is 12.7 Å². The first-order valence-corrected chi connectivity index (χ1v) is 7.79. The van der Waals surface area contributed by atoms with Gasteiger partial charge in [0.1, 0.15) is 5.54 Å². The molecule has 1 heterocycles. The molecule has 1 aromatic rings. The SMILES string of the molecule is CN(CC(=O)N[C@@](C)(C#N)C1CC1)Cc1ccc2c(c1)OCO2. The van der Waals surface area contributed by atoms with E-state index in [-0.39, 0.29) is 25.2 Å². The van der Waals surface area contributed by atoms with Crippen LogP contribution in [0.15, 0.2) is 18.2 Å². The van der Waals surface area contributed by atoms with Gasteiger partial charge in [0.25, 0.3) is 0 Å². The van der Waals surface area contributed by atoms with Crippen LogP contribution in [0, 0.1) is 17.2 Å². The van der Waals surface area contributed by atoms with Crippen molar-refractivity contribution in [2.24, 2.45) is 5.92 Å². The molecule has 2 aliphatic rings. The molecule has 1 saturated carbocycles. The fourth-order valence-corrected chi connectivity index (χ4v) is 2.86. The van der Waals surface area contributed by atoms with E-state index in [1.807, 2.05) is 30.1 Å². The molecule has 1 aliphatic carbocycles. The van der Waals surface area contributed by atoms with Crippen LogP contribution in [0.5, 0.6) is 11.5 Å². The number of carbonyl (C=O) groups excluding carboxylic acids is 1. The number of amides is 1. The van der Waals surface area contributed by atoms with E-state index in [9.17, 15) is 10.1 Å². The van der Waals surface area contributed by atoms with Crippen molar-refractivity contribution in [3.63, 3.8) is 0 Å². The highest BCUT2D eigenvalue weighted by Crippen LogP contribution is 2.39. The van der Waals surface area contributed by atoms with Gasteiger partial charge in [0.05, 0.1) is 12.6 Å². The van der Waals surface area contributed by atoms with E-state index in [1.165, 1.54) is 0 Å². The lowest BCUT2D eigenvalue weighted by Gasteiger charge is -2.25. The topological polar surface area (TPSA) is 74.6 Å². The molecular weight excluding hydrogens is 294 g/mol. The molecule has 122 valence electrons. The van der Waals surface area contributed by atoms with Crippen LogP contribution in [-0.4, -0.2) is 36.7 Å². The van der Waals surface area contributed by atoms with Gasteiger partial charge in [-0.15, -0.1) is 0 Å². The first-order valence-electron chi connectivity index (χ1n) is 7.79. The molecule has 0 bridgehead atoms. The van der Waals surface area contributed by atoms with E-state index in [0.29, 0.717) is 6.54 Å². The summed E-state index contributed by atoms with van der Waals surface area (Å²) >= 11 is 0. The monoisotopic (exact) mass is 315 g/mol. The summed E-state index contributed by atoms with van der Waals surface area (Å²) in [6.45, 7) is 2.93. The number of nitriles is 1. The second kappa shape index (κ2) is 6.09. The molecule has 1 N–H and O–H groups in total. The van der Waals surface area contributed by atoms with Crippen molar-refractivity contribution in [1.82, 2.24) is 10.2 Å². The number of hydrogen-bond acceptors (Lipinski definition) is 5. The lowest BCUT2D eigenvalue weighted by atomic mass is 9.98. The molecule has 1 aromatic carbocycles. The molecule has 6 nitrogen and oxygen atoms in total. The van der Waals surface area contributed by atoms with Gasteiger partial charge >= 0.3 is 0 Å². The number of hydrogen-bond donors (Lipinski definition) is 1. The molecule has 1 amide bonds. The first-order chi connectivity index (χ1) is 11.0. The van der Waals surface area contributed by atoms with Crippen LogP contribution >= 0.6 is 0 Å². The van der Waals surface area contributed by atoms with Crippen LogP contribution in [0.2, 0.25) is 0 Å². The highest BCUT2D eigenvalue weighted by atomic mass is 16.7. The molecule has 0 aromatic heterocycles. The lowest BCUT2D eigenvalue weighted by molar-refractivity contribution is -0.123. The third kappa shape index (κ3) is 3.57. The van der Waals surface area contributed by atoms with E-state index in [1.54, 1.807) is 6.92 Å². The van der Waals surface area contributed by atoms with E-state index in [0.717, 1.165) is 29.9 Å². The Bertz CT molecular complexity index is 651. The van der Waals surface area contributed by atoms with Gasteiger partial charge in [0.15, 0.2) is 11.5 Å². The summed E-state index contributed by atoms with van der Waals surface area (Å²) in [5.74, 6) is 1.66. The number of nitrogens with one attached hydrogen (secondary N) is 1. The standard InChI is InChI=1S/C17H21N3O3/c1-17(10-18,13-4-5-13)19-16(21)9-20(2)8-12-3-6-14-15(7-12)23-11-22-14/h3,6-7,13H,4-5,8-9,11H2,1-2H3,(H,19,21)/t17-/m0/s1. The Hall–Kier alpha value is -2.26. The van der Waals surface area contributed by atoms with Crippen molar-refractivity contribution < 1.29 is 14.3 Å². The minimum atomic E-state index is -0.739. The number of benzene rings is 1. The summed E-state index contributed by atoms with van der Waals surface area (Å²) in [4.78, 5) is 14.1. The minimum absolute atomic E-state index is 0.121. The van der Waals surface area contributed by atoms with Crippen molar-refractivity contribution in [1.29, 1.82) is 5.26 Å². The molecule has 23 heavy (non-hydrogen) atoms. The first kappa shape index (κ1) is 15.6. The van der Waals surface area contributed by atoms with Gasteiger partial charge in [-0.1, -0.05) is 6.07 Å². The highest BCUT2D eigenvalue weighted by Gasteiger charge is 2.43. The van der Waals surface area contributed by atoms with Crippen molar-refractivity contribution in [3.05, 3.63) is 23.8 Å². The summed E-state index contributed by atoms with van der Waals surface area (Å²) in [7, 11) is 1.88. The quantitative estimate of drug-likeness (QED) is 0.864. The van der Waals surface area contributed by atoms with Crippen LogP contribution < -0.4 is 14.8 Å². The van der Waals surface area contributed by atoms with E-state index < -0.39 is 5.54 Å². The molecule has 0 radical (unpaired) electrons. The van der Waals surface area contributed by atoms with Gasteiger partial charge < -0.3 is 14.8 Å². The zero-order valence-electron chi connectivity index (χ0n) is 13.5. The Morgan fingerprint density at radius 3 is 2.87 bits per heavy atom. The van der Waals surface area contributed by atoms with E-state index >= 15 is 0 Å². The van der Waals surface area contributed by atoms with Gasteiger partial charge in [0, 0.05) is 6.54 Å². The Labute approximate surface area is 136 Å². The Balaban J connectivity index is 1.53. The molecule has 1 aliphatic heterocycles. The number of carbonyl (C=O) groups is 1. The summed E-state index contributed by atoms with van der Waals surface area (Å²) < 4.78 is 10.6. The molecule has 0 unspecified atom stereocenters. The number of fused-ring (bicyclic) bond motifs is 1. The Kier molecular flexibility index (Phi) is 4.14. The Morgan fingerprint density at radius 2 is 2.17 bits per heavy atom. The maximum absolute atomic E-state index is 12.2. The number of likely N-dealkylation sites (N-methyl/N-ethyl adjacent to an activating group) is 1. The second-order valence-corrected chi connectivity index (χ2v) is 6.50. The van der Waals surface area contributed by atoms with Crippen LogP contribution in [-0.2, 0) is 11.3 Å². The van der Waals surface area contributed by atoms with Crippen LogP contribution in [0.3, 0.4) is 0 Å². The largest absolute Gasteiger partial charge is 0.454 e. The minimum Gasteiger partial charge on any atom is -0.454 e. The zero-order valence-corrected chi connectivity index (χ0v) is 13.5. The third-order valence-corrected chi connectivity index (χ3v) is 4.33. The highest BCUT2D eigenvalue weighted by molar-refractivity contribution is 5.79. The molecular formula is C17H21N3O3. The number of ether oxygens (including phenoxy) is 2. The maximum atomic E-state index is 12.2. The predicted octanol–water partition coefficient (Wildman–Crippen LogP) is 1.66. The number of nitrogens with zero attached hydrogens (tertiary/aromatic N) is 2. The molecule has 0 spiro atoms.